The molecule has 3 aromatic heterocycles. The minimum absolute atomic E-state index is 0.192. The predicted octanol–water partition coefficient (Wildman–Crippen LogP) is 2.38. The van der Waals surface area contributed by atoms with Crippen LogP contribution in [0.15, 0.2) is 24.5 Å². The van der Waals surface area contributed by atoms with Crippen molar-refractivity contribution in [2.45, 2.75) is 6.92 Å². The topological polar surface area (TPSA) is 67.3 Å². The number of H-pyrrole nitrogens is 1. The highest BCUT2D eigenvalue weighted by Gasteiger charge is 2.10. The van der Waals surface area contributed by atoms with Gasteiger partial charge in [-0.05, 0) is 30.7 Å². The molecule has 17 heavy (non-hydrogen) atoms. The lowest BCUT2D eigenvalue weighted by atomic mass is 10.1. The van der Waals surface area contributed by atoms with Crippen molar-refractivity contribution in [3.05, 3.63) is 35.5 Å². The third kappa shape index (κ3) is 1.74. The Bertz CT molecular complexity index is 674. The fourth-order valence-corrected chi connectivity index (χ4v) is 1.80. The summed E-state index contributed by atoms with van der Waals surface area (Å²) in [7, 11) is 0. The Morgan fingerprint density at radius 1 is 1.18 bits per heavy atom. The number of hydrogen-bond donors (Lipinski definition) is 1. The Balaban J connectivity index is 2.28. The summed E-state index contributed by atoms with van der Waals surface area (Å²) in [4.78, 5) is 12.5. The number of aromatic nitrogens is 5. The van der Waals surface area contributed by atoms with E-state index in [1.807, 2.05) is 19.1 Å². The molecule has 0 unspecified atom stereocenters. The highest BCUT2D eigenvalue weighted by Crippen LogP contribution is 2.25. The molecule has 84 valence electrons. The van der Waals surface area contributed by atoms with E-state index in [1.54, 1.807) is 12.4 Å². The average molecular weight is 246 g/mol. The van der Waals surface area contributed by atoms with Crippen LogP contribution in [-0.4, -0.2) is 25.1 Å². The molecule has 0 atom stereocenters. The van der Waals surface area contributed by atoms with Crippen molar-refractivity contribution < 1.29 is 0 Å². The molecule has 1 N–H and O–H groups in total. The molecule has 0 spiro atoms. The first-order chi connectivity index (χ1) is 8.24. The number of rotatable bonds is 1. The molecule has 0 aliphatic carbocycles. The van der Waals surface area contributed by atoms with Crippen molar-refractivity contribution >= 4 is 22.6 Å². The number of hydrogen-bond acceptors (Lipinski definition) is 4. The zero-order valence-electron chi connectivity index (χ0n) is 8.98. The summed E-state index contributed by atoms with van der Waals surface area (Å²) in [5, 5.41) is 7.74. The van der Waals surface area contributed by atoms with Gasteiger partial charge in [-0.3, -0.25) is 10.1 Å². The Labute approximate surface area is 102 Å². The third-order valence-electron chi connectivity index (χ3n) is 2.47. The lowest BCUT2D eigenvalue weighted by Crippen LogP contribution is -1.91. The zero-order valence-corrected chi connectivity index (χ0v) is 9.73. The van der Waals surface area contributed by atoms with Gasteiger partial charge in [0.05, 0.1) is 17.3 Å². The minimum Gasteiger partial charge on any atom is -0.261 e. The molecule has 0 aliphatic heterocycles. The SMILES string of the molecule is Cc1ccc(-c2nc(Cl)nc3[nH]ncc23)cn1. The molecule has 0 aromatic carbocycles. The van der Waals surface area contributed by atoms with E-state index in [0.29, 0.717) is 5.65 Å². The molecule has 0 aliphatic rings. The standard InChI is InChI=1S/C11H8ClN5/c1-6-2-3-7(4-13-6)9-8-5-14-17-10(8)16-11(12)15-9/h2-5H,1H3,(H,14,15,16,17). The normalized spacial score (nSPS) is 10.9. The van der Waals surface area contributed by atoms with Gasteiger partial charge < -0.3 is 0 Å². The number of nitrogens with zero attached hydrogens (tertiary/aromatic N) is 4. The van der Waals surface area contributed by atoms with Crippen molar-refractivity contribution in [3.8, 4) is 11.3 Å². The van der Waals surface area contributed by atoms with E-state index in [1.165, 1.54) is 0 Å². The van der Waals surface area contributed by atoms with E-state index < -0.39 is 0 Å². The van der Waals surface area contributed by atoms with Crippen LogP contribution in [0, 0.1) is 6.92 Å². The molecule has 0 fully saturated rings. The van der Waals surface area contributed by atoms with Gasteiger partial charge in [-0.1, -0.05) is 0 Å². The Morgan fingerprint density at radius 3 is 2.82 bits per heavy atom. The van der Waals surface area contributed by atoms with Crippen molar-refractivity contribution in [3.63, 3.8) is 0 Å². The van der Waals surface area contributed by atoms with Crippen LogP contribution in [-0.2, 0) is 0 Å². The molecule has 0 bridgehead atoms. The smallest absolute Gasteiger partial charge is 0.224 e. The van der Waals surface area contributed by atoms with Gasteiger partial charge in [0, 0.05) is 17.5 Å². The molecule has 3 heterocycles. The maximum Gasteiger partial charge on any atom is 0.224 e. The molecular weight excluding hydrogens is 238 g/mol. The molecule has 3 aromatic rings. The van der Waals surface area contributed by atoms with Crippen molar-refractivity contribution in [1.82, 2.24) is 25.1 Å². The van der Waals surface area contributed by atoms with E-state index in [-0.39, 0.29) is 5.28 Å². The number of halogens is 1. The van der Waals surface area contributed by atoms with Crippen molar-refractivity contribution in [1.29, 1.82) is 0 Å². The molecule has 0 saturated carbocycles. The summed E-state index contributed by atoms with van der Waals surface area (Å²) in [6.45, 7) is 1.93. The maximum absolute atomic E-state index is 5.87. The molecule has 0 radical (unpaired) electrons. The number of pyridine rings is 1. The van der Waals surface area contributed by atoms with Gasteiger partial charge in [0.1, 0.15) is 0 Å². The monoisotopic (exact) mass is 245 g/mol. The summed E-state index contributed by atoms with van der Waals surface area (Å²) in [6.07, 6.45) is 3.45. The van der Waals surface area contributed by atoms with Crippen LogP contribution in [0.25, 0.3) is 22.3 Å². The number of aromatic amines is 1. The lowest BCUT2D eigenvalue weighted by molar-refractivity contribution is 1.09. The van der Waals surface area contributed by atoms with Crippen LogP contribution in [0.3, 0.4) is 0 Å². The van der Waals surface area contributed by atoms with E-state index in [2.05, 4.69) is 25.1 Å². The van der Waals surface area contributed by atoms with E-state index in [9.17, 15) is 0 Å². The molecule has 3 rings (SSSR count). The minimum atomic E-state index is 0.192. The molecular formula is C11H8ClN5. The van der Waals surface area contributed by atoms with Crippen molar-refractivity contribution in [2.24, 2.45) is 0 Å². The van der Waals surface area contributed by atoms with Gasteiger partial charge >= 0.3 is 0 Å². The van der Waals surface area contributed by atoms with Crippen LogP contribution in [0.4, 0.5) is 0 Å². The fourth-order valence-electron chi connectivity index (χ4n) is 1.64. The highest BCUT2D eigenvalue weighted by molar-refractivity contribution is 6.28. The van der Waals surface area contributed by atoms with Crippen LogP contribution in [0.5, 0.6) is 0 Å². The summed E-state index contributed by atoms with van der Waals surface area (Å²) >= 11 is 5.87. The van der Waals surface area contributed by atoms with E-state index >= 15 is 0 Å². The van der Waals surface area contributed by atoms with Gasteiger partial charge in [0.2, 0.25) is 5.28 Å². The van der Waals surface area contributed by atoms with Crippen LogP contribution in [0.2, 0.25) is 5.28 Å². The summed E-state index contributed by atoms with van der Waals surface area (Å²) < 4.78 is 0. The first-order valence-electron chi connectivity index (χ1n) is 5.04. The number of nitrogens with one attached hydrogen (secondary N) is 1. The third-order valence-corrected chi connectivity index (χ3v) is 2.64. The fraction of sp³-hybridized carbons (Fsp3) is 0.0909. The van der Waals surface area contributed by atoms with Crippen LogP contribution >= 0.6 is 11.6 Å². The summed E-state index contributed by atoms with van der Waals surface area (Å²) in [6, 6.07) is 3.88. The molecule has 6 heteroatoms. The highest BCUT2D eigenvalue weighted by atomic mass is 35.5. The second-order valence-electron chi connectivity index (χ2n) is 3.66. The van der Waals surface area contributed by atoms with Crippen LogP contribution < -0.4 is 0 Å². The predicted molar refractivity (Wildman–Crippen MR) is 64.7 cm³/mol. The first kappa shape index (κ1) is 10.2. The first-order valence-corrected chi connectivity index (χ1v) is 5.41. The van der Waals surface area contributed by atoms with Crippen LogP contribution in [0.1, 0.15) is 5.69 Å². The van der Waals surface area contributed by atoms with Gasteiger partial charge in [0.15, 0.2) is 5.65 Å². The van der Waals surface area contributed by atoms with E-state index in [4.69, 9.17) is 11.6 Å². The van der Waals surface area contributed by atoms with Crippen molar-refractivity contribution in [2.75, 3.05) is 0 Å². The van der Waals surface area contributed by atoms with Gasteiger partial charge in [0.25, 0.3) is 0 Å². The molecule has 0 amide bonds. The summed E-state index contributed by atoms with van der Waals surface area (Å²) in [5.74, 6) is 0. The van der Waals surface area contributed by atoms with E-state index in [0.717, 1.165) is 22.3 Å². The zero-order chi connectivity index (χ0) is 11.8. The van der Waals surface area contributed by atoms with Gasteiger partial charge in [-0.2, -0.15) is 10.1 Å². The largest absolute Gasteiger partial charge is 0.261 e. The average Bonchev–Trinajstić information content (AvgIpc) is 2.77. The Kier molecular flexibility index (Phi) is 2.26. The van der Waals surface area contributed by atoms with Gasteiger partial charge in [-0.15, -0.1) is 0 Å². The lowest BCUT2D eigenvalue weighted by Gasteiger charge is -2.02. The second kappa shape index (κ2) is 3.78. The quantitative estimate of drug-likeness (QED) is 0.669. The van der Waals surface area contributed by atoms with Gasteiger partial charge in [-0.25, -0.2) is 4.98 Å². The summed E-state index contributed by atoms with van der Waals surface area (Å²) in [5.41, 5.74) is 3.21. The number of fused-ring (bicyclic) bond motifs is 1. The Morgan fingerprint density at radius 2 is 2.06 bits per heavy atom. The Hall–Kier alpha value is -2.01. The molecule has 0 saturated heterocycles. The maximum atomic E-state index is 5.87. The number of aryl methyl sites for hydroxylation is 1. The second-order valence-corrected chi connectivity index (χ2v) is 4.00. The molecule has 5 nitrogen and oxygen atoms in total.